The molecular weight excluding hydrogens is 366 g/mol. The summed E-state index contributed by atoms with van der Waals surface area (Å²) in [4.78, 5) is 24.7. The first-order valence-corrected chi connectivity index (χ1v) is 10.5. The van der Waals surface area contributed by atoms with Crippen LogP contribution in [0.2, 0.25) is 0 Å². The van der Waals surface area contributed by atoms with E-state index in [0.29, 0.717) is 6.67 Å². The Hall–Kier alpha value is -2.22. The van der Waals surface area contributed by atoms with Gasteiger partial charge in [-0.3, -0.25) is 24.1 Å². The van der Waals surface area contributed by atoms with Crippen molar-refractivity contribution in [3.8, 4) is 0 Å². The van der Waals surface area contributed by atoms with Gasteiger partial charge in [0.15, 0.2) is 0 Å². The minimum absolute atomic E-state index is 0.0544. The van der Waals surface area contributed by atoms with Gasteiger partial charge in [0.2, 0.25) is 5.95 Å². The van der Waals surface area contributed by atoms with Crippen LogP contribution in [0, 0.1) is 13.8 Å². The summed E-state index contributed by atoms with van der Waals surface area (Å²) < 4.78 is 7.27. The summed E-state index contributed by atoms with van der Waals surface area (Å²) in [6, 6.07) is 8.59. The van der Waals surface area contributed by atoms with Gasteiger partial charge in [0.05, 0.1) is 26.6 Å². The van der Waals surface area contributed by atoms with Crippen molar-refractivity contribution in [2.75, 3.05) is 51.0 Å². The standard InChI is InChI=1S/C22H31N5O2/c1-4-19-5-7-20(8-6-19)26-15-25(10-9-24-11-13-29-14-12-24)16-27-21(28)17(2)18(3)23-22(26)27/h5-8H,4,9-16H2,1-3H3. The average Bonchev–Trinajstić information content (AvgIpc) is 2.77. The van der Waals surface area contributed by atoms with E-state index in [4.69, 9.17) is 9.72 Å². The highest BCUT2D eigenvalue weighted by atomic mass is 16.5. The predicted molar refractivity (Wildman–Crippen MR) is 115 cm³/mol. The van der Waals surface area contributed by atoms with Gasteiger partial charge in [0, 0.05) is 43.1 Å². The lowest BCUT2D eigenvalue weighted by atomic mass is 10.1. The smallest absolute Gasteiger partial charge is 0.259 e. The molecule has 7 nitrogen and oxygen atoms in total. The van der Waals surface area contributed by atoms with E-state index in [0.717, 1.165) is 75.4 Å². The quantitative estimate of drug-likeness (QED) is 0.770. The lowest BCUT2D eigenvalue weighted by molar-refractivity contribution is 0.0310. The largest absolute Gasteiger partial charge is 0.379 e. The fraction of sp³-hybridized carbons (Fsp3) is 0.545. The molecule has 0 atom stereocenters. The third kappa shape index (κ3) is 4.22. The maximum atomic E-state index is 13.0. The minimum atomic E-state index is 0.0544. The summed E-state index contributed by atoms with van der Waals surface area (Å²) in [5.74, 6) is 0.741. The molecule has 1 saturated heterocycles. The molecule has 0 bridgehead atoms. The monoisotopic (exact) mass is 397 g/mol. The number of ether oxygens (including phenoxy) is 1. The molecule has 2 aliphatic rings. The van der Waals surface area contributed by atoms with Crippen LogP contribution in [0.3, 0.4) is 0 Å². The molecule has 1 aromatic heterocycles. The normalized spacial score (nSPS) is 18.1. The van der Waals surface area contributed by atoms with Crippen molar-refractivity contribution >= 4 is 11.6 Å². The summed E-state index contributed by atoms with van der Waals surface area (Å²) in [6.45, 7) is 12.7. The van der Waals surface area contributed by atoms with Gasteiger partial charge in [-0.1, -0.05) is 19.1 Å². The Labute approximate surface area is 172 Å². The second-order valence-electron chi connectivity index (χ2n) is 7.93. The van der Waals surface area contributed by atoms with Crippen molar-refractivity contribution in [3.63, 3.8) is 0 Å². The van der Waals surface area contributed by atoms with Crippen LogP contribution in [0.25, 0.3) is 0 Å². The van der Waals surface area contributed by atoms with E-state index in [1.165, 1.54) is 5.56 Å². The van der Waals surface area contributed by atoms with Gasteiger partial charge in [-0.25, -0.2) is 4.98 Å². The number of nitrogens with zero attached hydrogens (tertiary/aromatic N) is 5. The summed E-state index contributed by atoms with van der Waals surface area (Å²) in [6.07, 6.45) is 1.01. The highest BCUT2D eigenvalue weighted by Gasteiger charge is 2.27. The van der Waals surface area contributed by atoms with E-state index in [9.17, 15) is 4.79 Å². The molecule has 0 spiro atoms. The maximum absolute atomic E-state index is 13.0. The number of morpholine rings is 1. The van der Waals surface area contributed by atoms with E-state index >= 15 is 0 Å². The van der Waals surface area contributed by atoms with Crippen LogP contribution in [0.5, 0.6) is 0 Å². The van der Waals surface area contributed by atoms with E-state index < -0.39 is 0 Å². The van der Waals surface area contributed by atoms with Crippen LogP contribution >= 0.6 is 0 Å². The summed E-state index contributed by atoms with van der Waals surface area (Å²) in [7, 11) is 0. The molecule has 0 radical (unpaired) electrons. The molecule has 0 amide bonds. The van der Waals surface area contributed by atoms with Crippen molar-refractivity contribution in [1.82, 2.24) is 19.4 Å². The van der Waals surface area contributed by atoms with E-state index in [1.54, 1.807) is 0 Å². The second kappa shape index (κ2) is 8.65. The number of hydrogen-bond donors (Lipinski definition) is 0. The number of aryl methyl sites for hydroxylation is 2. The van der Waals surface area contributed by atoms with Gasteiger partial charge < -0.3 is 4.74 Å². The van der Waals surface area contributed by atoms with Crippen molar-refractivity contribution < 1.29 is 4.74 Å². The molecule has 156 valence electrons. The molecule has 29 heavy (non-hydrogen) atoms. The van der Waals surface area contributed by atoms with Crippen molar-refractivity contribution in [2.45, 2.75) is 33.9 Å². The first kappa shape index (κ1) is 20.1. The average molecular weight is 398 g/mol. The topological polar surface area (TPSA) is 53.8 Å². The number of rotatable bonds is 5. The first-order valence-electron chi connectivity index (χ1n) is 10.5. The van der Waals surface area contributed by atoms with Crippen LogP contribution in [-0.4, -0.2) is 65.4 Å². The number of anilines is 2. The van der Waals surface area contributed by atoms with E-state index in [2.05, 4.69) is 45.9 Å². The molecule has 2 aromatic rings. The van der Waals surface area contributed by atoms with Crippen LogP contribution in [0.1, 0.15) is 23.7 Å². The number of hydrogen-bond acceptors (Lipinski definition) is 6. The fourth-order valence-electron chi connectivity index (χ4n) is 3.94. The van der Waals surface area contributed by atoms with E-state index in [-0.39, 0.29) is 5.56 Å². The molecule has 0 aliphatic carbocycles. The zero-order chi connectivity index (χ0) is 20.4. The highest BCUT2D eigenvalue weighted by Crippen LogP contribution is 2.28. The van der Waals surface area contributed by atoms with Crippen molar-refractivity contribution in [3.05, 3.63) is 51.4 Å². The molecule has 0 N–H and O–H groups in total. The molecule has 0 saturated carbocycles. The van der Waals surface area contributed by atoms with Gasteiger partial charge >= 0.3 is 0 Å². The second-order valence-corrected chi connectivity index (χ2v) is 7.93. The summed E-state index contributed by atoms with van der Waals surface area (Å²) in [5.41, 5.74) is 3.96. The van der Waals surface area contributed by atoms with Crippen molar-refractivity contribution in [1.29, 1.82) is 0 Å². The first-order chi connectivity index (χ1) is 14.1. The summed E-state index contributed by atoms with van der Waals surface area (Å²) in [5, 5.41) is 0. The Morgan fingerprint density at radius 2 is 1.69 bits per heavy atom. The Kier molecular flexibility index (Phi) is 5.99. The molecule has 2 aliphatic heterocycles. The number of fused-ring (bicyclic) bond motifs is 1. The molecule has 0 unspecified atom stereocenters. The van der Waals surface area contributed by atoms with Crippen molar-refractivity contribution in [2.24, 2.45) is 0 Å². The van der Waals surface area contributed by atoms with Gasteiger partial charge in [0.25, 0.3) is 5.56 Å². The third-order valence-electron chi connectivity index (χ3n) is 6.03. The maximum Gasteiger partial charge on any atom is 0.259 e. The SMILES string of the molecule is CCc1ccc(N2CN(CCN3CCOCC3)Cn3c2nc(C)c(C)c3=O)cc1. The molecule has 1 fully saturated rings. The zero-order valence-electron chi connectivity index (χ0n) is 17.7. The Balaban J connectivity index is 1.62. The predicted octanol–water partition coefficient (Wildman–Crippen LogP) is 2.12. The Morgan fingerprint density at radius 1 is 1.00 bits per heavy atom. The molecular formula is C22H31N5O2. The lowest BCUT2D eigenvalue weighted by Gasteiger charge is -2.39. The molecule has 4 rings (SSSR count). The molecule has 3 heterocycles. The van der Waals surface area contributed by atoms with Gasteiger partial charge in [-0.05, 0) is 38.0 Å². The Bertz CT molecular complexity index is 903. The van der Waals surface area contributed by atoms with Gasteiger partial charge in [-0.15, -0.1) is 0 Å². The Morgan fingerprint density at radius 3 is 2.38 bits per heavy atom. The molecule has 1 aromatic carbocycles. The van der Waals surface area contributed by atoms with Crippen LogP contribution in [-0.2, 0) is 17.8 Å². The van der Waals surface area contributed by atoms with Crippen LogP contribution < -0.4 is 10.5 Å². The lowest BCUT2D eigenvalue weighted by Crippen LogP contribution is -2.50. The number of aromatic nitrogens is 2. The van der Waals surface area contributed by atoms with Gasteiger partial charge in [-0.2, -0.15) is 0 Å². The van der Waals surface area contributed by atoms with Gasteiger partial charge in [0.1, 0.15) is 0 Å². The third-order valence-corrected chi connectivity index (χ3v) is 6.03. The molecule has 7 heteroatoms. The van der Waals surface area contributed by atoms with Crippen LogP contribution in [0.4, 0.5) is 11.6 Å². The zero-order valence-corrected chi connectivity index (χ0v) is 17.7. The highest BCUT2D eigenvalue weighted by molar-refractivity contribution is 5.58. The summed E-state index contributed by atoms with van der Waals surface area (Å²) >= 11 is 0. The minimum Gasteiger partial charge on any atom is -0.379 e. The van der Waals surface area contributed by atoms with Crippen LogP contribution in [0.15, 0.2) is 29.1 Å². The fourth-order valence-corrected chi connectivity index (χ4v) is 3.94. The van der Waals surface area contributed by atoms with E-state index in [1.807, 2.05) is 18.4 Å². The number of benzene rings is 1.